The Morgan fingerprint density at radius 1 is 1.11 bits per heavy atom. The molecule has 206 valence electrons. The van der Waals surface area contributed by atoms with Crippen molar-refractivity contribution in [3.63, 3.8) is 0 Å². The Kier molecular flexibility index (Phi) is 8.02. The fraction of sp³-hybridized carbons (Fsp3) is 0.520. The third-order valence-electron chi connectivity index (χ3n) is 6.74. The number of aromatic nitrogens is 2. The maximum Gasteiger partial charge on any atom is 0.269 e. The minimum Gasteiger partial charge on any atom is -0.461 e. The summed E-state index contributed by atoms with van der Waals surface area (Å²) >= 11 is 0. The van der Waals surface area contributed by atoms with E-state index >= 15 is 0 Å². The number of nitrogens with one attached hydrogen (secondary N) is 2. The largest absolute Gasteiger partial charge is 0.461 e. The van der Waals surface area contributed by atoms with Gasteiger partial charge in [-0.05, 0) is 57.7 Å². The van der Waals surface area contributed by atoms with Crippen molar-refractivity contribution in [2.24, 2.45) is 0 Å². The van der Waals surface area contributed by atoms with E-state index in [0.29, 0.717) is 24.7 Å². The molecule has 2 bridgehead atoms. The monoisotopic (exact) mass is 541 g/mol. The maximum atomic E-state index is 13.4. The molecular weight excluding hydrogens is 513 g/mol. The molecule has 0 aromatic carbocycles. The molecule has 3 atom stereocenters. The Labute approximate surface area is 216 Å². The summed E-state index contributed by atoms with van der Waals surface area (Å²) in [5, 5.41) is 5.08. The molecule has 2 amide bonds. The van der Waals surface area contributed by atoms with E-state index in [1.54, 1.807) is 6.07 Å². The molecule has 13 heteroatoms. The molecule has 2 fully saturated rings. The molecule has 0 saturated carbocycles. The number of amides is 2. The first-order chi connectivity index (χ1) is 17.9. The molecule has 0 spiro atoms. The standard InChI is InChI=1S/C25H28F5N5O3/c1-25(2,38-23-18(21(29)30)7-14(26)11-33-23)24(37)34-15-8-16-4-5-17(9-15)35(16)20-6-3-13(10-31-20)22(36)32-12-19(27)28/h3,6-7,10-11,15-17,19,21H,4-5,8-9,12H2,1-2H3,(H,32,36)(H,34,37)/t15-,16+,17-. The SMILES string of the molecule is CC(C)(Oc1ncc(F)cc1C(F)F)C(=O)N[C@H]1C[C@H]2CC[C@@H](C1)N2c1ccc(C(=O)NCC(F)F)cn1. The number of rotatable bonds is 9. The number of hydrogen-bond donors (Lipinski definition) is 2. The topological polar surface area (TPSA) is 96.5 Å². The van der Waals surface area contributed by atoms with E-state index in [9.17, 15) is 31.5 Å². The molecule has 4 heterocycles. The molecule has 4 rings (SSSR count). The van der Waals surface area contributed by atoms with Gasteiger partial charge in [0.15, 0.2) is 5.60 Å². The summed E-state index contributed by atoms with van der Waals surface area (Å²) in [5.41, 5.74) is -2.11. The van der Waals surface area contributed by atoms with Crippen LogP contribution in [-0.4, -0.2) is 58.5 Å². The predicted octanol–water partition coefficient (Wildman–Crippen LogP) is 4.02. The van der Waals surface area contributed by atoms with Crippen molar-refractivity contribution >= 4 is 17.6 Å². The molecule has 0 radical (unpaired) electrons. The van der Waals surface area contributed by atoms with Gasteiger partial charge in [0.2, 0.25) is 5.88 Å². The van der Waals surface area contributed by atoms with Crippen LogP contribution in [0.1, 0.15) is 61.9 Å². The number of nitrogens with zero attached hydrogens (tertiary/aromatic N) is 3. The zero-order valence-corrected chi connectivity index (χ0v) is 20.8. The van der Waals surface area contributed by atoms with Gasteiger partial charge in [-0.2, -0.15) is 0 Å². The van der Waals surface area contributed by atoms with Crippen LogP contribution in [0.5, 0.6) is 5.88 Å². The molecular formula is C25H28F5N5O3. The van der Waals surface area contributed by atoms with Crippen LogP contribution in [0.25, 0.3) is 0 Å². The van der Waals surface area contributed by atoms with Gasteiger partial charge in [-0.25, -0.2) is 31.9 Å². The van der Waals surface area contributed by atoms with Crippen molar-refractivity contribution in [3.8, 4) is 5.88 Å². The van der Waals surface area contributed by atoms with Crippen LogP contribution < -0.4 is 20.3 Å². The molecule has 8 nitrogen and oxygen atoms in total. The number of alkyl halides is 4. The Hall–Kier alpha value is -3.51. The Morgan fingerprint density at radius 2 is 1.79 bits per heavy atom. The van der Waals surface area contributed by atoms with E-state index < -0.39 is 54.1 Å². The van der Waals surface area contributed by atoms with Gasteiger partial charge < -0.3 is 20.3 Å². The summed E-state index contributed by atoms with van der Waals surface area (Å²) in [4.78, 5) is 35.1. The van der Waals surface area contributed by atoms with Crippen molar-refractivity contribution < 1.29 is 36.3 Å². The van der Waals surface area contributed by atoms with Crippen LogP contribution in [0.3, 0.4) is 0 Å². The van der Waals surface area contributed by atoms with E-state index in [0.717, 1.165) is 19.0 Å². The van der Waals surface area contributed by atoms with Crippen LogP contribution in [0.15, 0.2) is 30.6 Å². The number of pyridine rings is 2. The van der Waals surface area contributed by atoms with Gasteiger partial charge in [-0.3, -0.25) is 9.59 Å². The molecule has 2 aromatic rings. The van der Waals surface area contributed by atoms with Crippen molar-refractivity contribution in [1.82, 2.24) is 20.6 Å². The molecule has 2 N–H and O–H groups in total. The van der Waals surface area contributed by atoms with E-state index in [-0.39, 0.29) is 23.7 Å². The smallest absolute Gasteiger partial charge is 0.269 e. The second-order valence-corrected chi connectivity index (χ2v) is 9.90. The van der Waals surface area contributed by atoms with Gasteiger partial charge in [0.1, 0.15) is 11.6 Å². The molecule has 2 aliphatic rings. The quantitative estimate of drug-likeness (QED) is 0.466. The van der Waals surface area contributed by atoms with Gasteiger partial charge >= 0.3 is 0 Å². The van der Waals surface area contributed by atoms with E-state index in [4.69, 9.17) is 4.74 Å². The number of fused-ring (bicyclic) bond motifs is 2. The van der Waals surface area contributed by atoms with Crippen LogP contribution in [-0.2, 0) is 4.79 Å². The first kappa shape index (κ1) is 27.5. The summed E-state index contributed by atoms with van der Waals surface area (Å²) in [5.74, 6) is -1.93. The average molecular weight is 542 g/mol. The third-order valence-corrected chi connectivity index (χ3v) is 6.74. The minimum absolute atomic E-state index is 0.0679. The van der Waals surface area contributed by atoms with Gasteiger partial charge in [0.25, 0.3) is 24.7 Å². The number of anilines is 1. The number of halogens is 5. The lowest BCUT2D eigenvalue weighted by Crippen LogP contribution is -2.55. The van der Waals surface area contributed by atoms with Crippen LogP contribution in [0, 0.1) is 5.82 Å². The first-order valence-electron chi connectivity index (χ1n) is 12.2. The van der Waals surface area contributed by atoms with Crippen LogP contribution >= 0.6 is 0 Å². The van der Waals surface area contributed by atoms with Crippen molar-refractivity contribution in [3.05, 3.63) is 47.5 Å². The van der Waals surface area contributed by atoms with Crippen LogP contribution in [0.4, 0.5) is 27.8 Å². The van der Waals surface area contributed by atoms with Gasteiger partial charge in [-0.15, -0.1) is 0 Å². The second kappa shape index (κ2) is 11.1. The van der Waals surface area contributed by atoms with Gasteiger partial charge in [0, 0.05) is 24.3 Å². The highest BCUT2D eigenvalue weighted by molar-refractivity contribution is 5.94. The van der Waals surface area contributed by atoms with Gasteiger partial charge in [0.05, 0.1) is 23.9 Å². The molecule has 0 unspecified atom stereocenters. The number of piperidine rings is 1. The van der Waals surface area contributed by atoms with Crippen molar-refractivity contribution in [2.75, 3.05) is 11.4 Å². The molecule has 38 heavy (non-hydrogen) atoms. The normalized spacial score (nSPS) is 21.1. The zero-order chi connectivity index (χ0) is 27.6. The summed E-state index contributed by atoms with van der Waals surface area (Å²) < 4.78 is 70.2. The number of hydrogen-bond acceptors (Lipinski definition) is 6. The van der Waals surface area contributed by atoms with E-state index in [2.05, 4.69) is 25.5 Å². The highest BCUT2D eigenvalue weighted by Gasteiger charge is 2.43. The Bertz CT molecular complexity index is 1150. The fourth-order valence-corrected chi connectivity index (χ4v) is 4.95. The Morgan fingerprint density at radius 3 is 2.37 bits per heavy atom. The lowest BCUT2D eigenvalue weighted by Gasteiger charge is -2.40. The summed E-state index contributed by atoms with van der Waals surface area (Å²) in [6.07, 6.45) is -0.628. The molecule has 2 aromatic heterocycles. The Balaban J connectivity index is 1.37. The second-order valence-electron chi connectivity index (χ2n) is 9.90. The fourth-order valence-electron chi connectivity index (χ4n) is 4.95. The zero-order valence-electron chi connectivity index (χ0n) is 20.8. The number of ether oxygens (including phenoxy) is 1. The predicted molar refractivity (Wildman–Crippen MR) is 127 cm³/mol. The van der Waals surface area contributed by atoms with Crippen molar-refractivity contribution in [2.45, 2.75) is 76.1 Å². The highest BCUT2D eigenvalue weighted by Crippen LogP contribution is 2.39. The van der Waals surface area contributed by atoms with E-state index in [1.165, 1.54) is 26.1 Å². The lowest BCUT2D eigenvalue weighted by atomic mass is 9.96. The number of carbonyl (C=O) groups is 2. The molecule has 0 aliphatic carbocycles. The first-order valence-corrected chi connectivity index (χ1v) is 12.2. The van der Waals surface area contributed by atoms with Crippen molar-refractivity contribution in [1.29, 1.82) is 0 Å². The van der Waals surface area contributed by atoms with Gasteiger partial charge in [-0.1, -0.05) is 0 Å². The third kappa shape index (κ3) is 6.13. The van der Waals surface area contributed by atoms with Crippen LogP contribution in [0.2, 0.25) is 0 Å². The highest BCUT2D eigenvalue weighted by atomic mass is 19.3. The summed E-state index contributed by atoms with van der Waals surface area (Å²) in [6, 6.07) is 3.78. The van der Waals surface area contributed by atoms with E-state index in [1.807, 2.05) is 0 Å². The minimum atomic E-state index is -3.03. The summed E-state index contributed by atoms with van der Waals surface area (Å²) in [7, 11) is 0. The lowest BCUT2D eigenvalue weighted by molar-refractivity contribution is -0.135. The summed E-state index contributed by atoms with van der Waals surface area (Å²) in [6.45, 7) is 2.12. The number of carbonyl (C=O) groups excluding carboxylic acids is 2. The average Bonchev–Trinajstić information content (AvgIpc) is 3.13. The molecule has 2 saturated heterocycles. The maximum absolute atomic E-state index is 13.4. The molecule has 2 aliphatic heterocycles.